The molecule has 9 N–H and O–H groups in total. The SMILES string of the molecule is CCCCCCCCCCCCCCCCCCOC(=O)Nc1ccc(Cc2ccc(NC(=O)C(C)(C)C(=O)NCCN(CCNC(=O)C(C)(C)C(=O)Nc3ccc(Cc4ccc(NC(=O)OCCCCCCCCCCCCCCCCCC)cc4)cc3)C(=O)Nc3ccc(Cc4ccc(NC(=O)C(C)(C)C(=O)NCCC)cc4)cc3)cc2)cc1. The number of carbonyl (C=O) groups is 9. The highest BCUT2D eigenvalue weighted by molar-refractivity contribution is 6.11. The Kier molecular flexibility index (Phi) is 46.6. The molecule has 0 aromatic heterocycles. The average Bonchev–Trinajstić information content (AvgIpc) is 0.841. The molecule has 0 bridgehead atoms. The van der Waals surface area contributed by atoms with Crippen LogP contribution in [-0.2, 0) is 57.5 Å². The highest BCUT2D eigenvalue weighted by atomic mass is 16.6. The lowest BCUT2D eigenvalue weighted by molar-refractivity contribution is -0.139. The predicted octanol–water partition coefficient (Wildman–Crippen LogP) is 23.0. The van der Waals surface area contributed by atoms with Gasteiger partial charge < -0.3 is 51.6 Å². The van der Waals surface area contributed by atoms with Crippen LogP contribution in [0.4, 0.5) is 48.5 Å². The van der Waals surface area contributed by atoms with Crippen LogP contribution in [0.5, 0.6) is 0 Å². The maximum absolute atomic E-state index is 14.3. The average molecular weight is 1660 g/mol. The van der Waals surface area contributed by atoms with Gasteiger partial charge in [-0.25, -0.2) is 14.4 Å². The number of nitrogens with one attached hydrogen (secondary N) is 9. The van der Waals surface area contributed by atoms with E-state index < -0.39 is 64.0 Å². The second-order valence-corrected chi connectivity index (χ2v) is 34.3. The molecule has 21 nitrogen and oxygen atoms in total. The van der Waals surface area contributed by atoms with Crippen LogP contribution in [0.2, 0.25) is 0 Å². The third-order valence-corrected chi connectivity index (χ3v) is 22.5. The lowest BCUT2D eigenvalue weighted by atomic mass is 9.91. The van der Waals surface area contributed by atoms with E-state index in [-0.39, 0.29) is 32.1 Å². The molecule has 0 atom stereocenters. The highest BCUT2D eigenvalue weighted by Crippen LogP contribution is 2.27. The van der Waals surface area contributed by atoms with Crippen molar-refractivity contribution < 1.29 is 52.6 Å². The first-order valence-corrected chi connectivity index (χ1v) is 45.7. The molecule has 0 fully saturated rings. The Balaban J connectivity index is 0.939. The fraction of sp³-hybridized carbons (Fsp3) is 0.550. The Hall–Kier alpha value is -10.1. The normalized spacial score (nSPS) is 11.4. The monoisotopic (exact) mass is 1660 g/mol. The summed E-state index contributed by atoms with van der Waals surface area (Å²) in [7, 11) is 0. The van der Waals surface area contributed by atoms with Crippen LogP contribution in [0.15, 0.2) is 146 Å². The minimum atomic E-state index is -1.55. The summed E-state index contributed by atoms with van der Waals surface area (Å²) in [5.41, 5.74) is 4.78. The topological polar surface area (TPSA) is 284 Å². The Morgan fingerprint density at radius 2 is 0.455 bits per heavy atom. The molecule has 0 spiro atoms. The second-order valence-electron chi connectivity index (χ2n) is 34.3. The first kappa shape index (κ1) is 99.8. The molecule has 0 radical (unpaired) electrons. The molecule has 0 aliphatic carbocycles. The van der Waals surface area contributed by atoms with Crippen molar-refractivity contribution in [1.82, 2.24) is 20.9 Å². The smallest absolute Gasteiger partial charge is 0.411 e. The third kappa shape index (κ3) is 39.6. The maximum Gasteiger partial charge on any atom is 0.411 e. The first-order valence-electron chi connectivity index (χ1n) is 45.7. The maximum atomic E-state index is 14.3. The number of hydrogen-bond donors (Lipinski definition) is 9. The van der Waals surface area contributed by atoms with Crippen LogP contribution in [-0.4, -0.2) is 104 Å². The first-order chi connectivity index (χ1) is 58.4. The zero-order valence-electron chi connectivity index (χ0n) is 74.7. The van der Waals surface area contributed by atoms with E-state index in [1.54, 1.807) is 62.4 Å². The van der Waals surface area contributed by atoms with E-state index in [0.717, 1.165) is 78.3 Å². The van der Waals surface area contributed by atoms with Crippen LogP contribution in [0.1, 0.15) is 308 Å². The van der Waals surface area contributed by atoms with Crippen molar-refractivity contribution in [2.75, 3.05) is 77.8 Å². The van der Waals surface area contributed by atoms with E-state index in [1.165, 1.54) is 200 Å². The van der Waals surface area contributed by atoms with E-state index in [0.29, 0.717) is 73.1 Å². The van der Waals surface area contributed by atoms with Crippen molar-refractivity contribution in [3.05, 3.63) is 179 Å². The second kappa shape index (κ2) is 56.5. The van der Waals surface area contributed by atoms with Gasteiger partial charge in [0.15, 0.2) is 0 Å². The summed E-state index contributed by atoms with van der Waals surface area (Å²) in [6.45, 7) is 16.8. The number of anilines is 6. The number of urea groups is 1. The van der Waals surface area contributed by atoms with Gasteiger partial charge in [0, 0.05) is 66.8 Å². The number of carbonyl (C=O) groups excluding carboxylic acids is 9. The molecule has 0 aliphatic rings. The molecule has 6 aromatic rings. The van der Waals surface area contributed by atoms with Gasteiger partial charge in [-0.2, -0.15) is 0 Å². The molecule has 0 heterocycles. The molecular weight excluding hydrogens is 1520 g/mol. The van der Waals surface area contributed by atoms with Crippen molar-refractivity contribution in [3.63, 3.8) is 0 Å². The summed E-state index contributed by atoms with van der Waals surface area (Å²) in [6.07, 6.45) is 42.6. The summed E-state index contributed by atoms with van der Waals surface area (Å²) in [5, 5.41) is 25.7. The molecule has 121 heavy (non-hydrogen) atoms. The summed E-state index contributed by atoms with van der Waals surface area (Å²) < 4.78 is 10.9. The zero-order valence-corrected chi connectivity index (χ0v) is 74.7. The quantitative estimate of drug-likeness (QED) is 0.0128. The van der Waals surface area contributed by atoms with Crippen molar-refractivity contribution >= 4 is 87.8 Å². The standard InChI is InChI=1S/C100H146N10O11/c1-10-13-15-17-19-21-23-25-27-29-31-33-35-37-39-41-72-120-96(118)108-87-63-51-81(52-64-87)75-78-45-57-84(58-46-78)105-93(115)99(6,7)90(112)102-68-70-110(95(117)107-86-61-49-80(50-62-86)74-77-43-55-83(56-44-77)104-92(114)98(4,5)89(111)101-67-12-3)71-69-103-91(113)100(8,9)94(116)106-85-59-47-79(48-60-85)76-82-53-65-88(66-54-82)109-97(119)121-73-42-40-38-36-34-32-30-28-26-24-22-20-18-16-14-11-2/h43-66H,10-42,67-76H2,1-9H3,(H,101,111)(H,102,112)(H,103,113)(H,104,114)(H,105,115)(H,106,116)(H,107,117)(H,108,118)(H,109,119). The molecule has 0 saturated heterocycles. The van der Waals surface area contributed by atoms with Gasteiger partial charge >= 0.3 is 18.2 Å². The van der Waals surface area contributed by atoms with Gasteiger partial charge in [0.05, 0.1) is 13.2 Å². The molecule has 662 valence electrons. The van der Waals surface area contributed by atoms with Crippen molar-refractivity contribution in [2.24, 2.45) is 16.2 Å². The Morgan fingerprint density at radius 1 is 0.248 bits per heavy atom. The minimum Gasteiger partial charge on any atom is -0.449 e. The van der Waals surface area contributed by atoms with E-state index in [4.69, 9.17) is 9.47 Å². The van der Waals surface area contributed by atoms with Gasteiger partial charge in [-0.1, -0.05) is 286 Å². The van der Waals surface area contributed by atoms with Gasteiger partial charge in [-0.3, -0.25) is 39.4 Å². The number of rotatable bonds is 60. The number of hydrogen-bond acceptors (Lipinski definition) is 11. The number of ether oxygens (including phenoxy) is 2. The minimum absolute atomic E-state index is 0.0331. The fourth-order valence-electron chi connectivity index (χ4n) is 14.1. The zero-order chi connectivity index (χ0) is 87.4. The lowest BCUT2D eigenvalue weighted by Crippen LogP contribution is -2.50. The highest BCUT2D eigenvalue weighted by Gasteiger charge is 2.38. The summed E-state index contributed by atoms with van der Waals surface area (Å²) >= 11 is 0. The summed E-state index contributed by atoms with van der Waals surface area (Å²) in [5.74, 6) is -3.04. The molecule has 10 amide bonds. The van der Waals surface area contributed by atoms with Gasteiger partial charge in [0.2, 0.25) is 35.4 Å². The van der Waals surface area contributed by atoms with Crippen molar-refractivity contribution in [2.45, 2.75) is 293 Å². The molecular formula is C100H146N10O11. The van der Waals surface area contributed by atoms with E-state index in [2.05, 4.69) is 61.7 Å². The van der Waals surface area contributed by atoms with Crippen molar-refractivity contribution in [3.8, 4) is 0 Å². The van der Waals surface area contributed by atoms with Crippen molar-refractivity contribution in [1.29, 1.82) is 0 Å². The number of amides is 10. The largest absolute Gasteiger partial charge is 0.449 e. The molecule has 0 unspecified atom stereocenters. The van der Waals surface area contributed by atoms with E-state index >= 15 is 0 Å². The molecule has 0 saturated carbocycles. The number of nitrogens with zero attached hydrogens (tertiary/aromatic N) is 1. The fourth-order valence-corrected chi connectivity index (χ4v) is 14.1. The predicted molar refractivity (Wildman–Crippen MR) is 493 cm³/mol. The van der Waals surface area contributed by atoms with E-state index in [9.17, 15) is 43.2 Å². The van der Waals surface area contributed by atoms with Crippen LogP contribution in [0, 0.1) is 16.2 Å². The van der Waals surface area contributed by atoms with Crippen LogP contribution >= 0.6 is 0 Å². The van der Waals surface area contributed by atoms with E-state index in [1.807, 2.05) is 104 Å². The van der Waals surface area contributed by atoms with Gasteiger partial charge in [-0.15, -0.1) is 0 Å². The molecule has 6 rings (SSSR count). The summed E-state index contributed by atoms with van der Waals surface area (Å²) in [4.78, 5) is 122. The van der Waals surface area contributed by atoms with Crippen LogP contribution in [0.25, 0.3) is 0 Å². The van der Waals surface area contributed by atoms with Crippen LogP contribution in [0.3, 0.4) is 0 Å². The van der Waals surface area contributed by atoms with Gasteiger partial charge in [0.1, 0.15) is 16.2 Å². The summed E-state index contributed by atoms with van der Waals surface area (Å²) in [6, 6.07) is 43.9. The number of benzene rings is 6. The molecule has 0 aliphatic heterocycles. The molecule has 21 heteroatoms. The number of unbranched alkanes of at least 4 members (excludes halogenated alkanes) is 30. The van der Waals surface area contributed by atoms with Gasteiger partial charge in [-0.05, 0) is 186 Å². The third-order valence-electron chi connectivity index (χ3n) is 22.5. The Morgan fingerprint density at radius 3 is 0.686 bits per heavy atom. The van der Waals surface area contributed by atoms with Crippen LogP contribution < -0.4 is 47.9 Å². The Labute approximate surface area is 723 Å². The lowest BCUT2D eigenvalue weighted by Gasteiger charge is -2.27. The Bertz CT molecular complexity index is 3830. The van der Waals surface area contributed by atoms with Gasteiger partial charge in [0.25, 0.3) is 0 Å². The molecule has 6 aromatic carbocycles.